The van der Waals surface area contributed by atoms with E-state index in [1.54, 1.807) is 6.07 Å². The first-order valence-electron chi connectivity index (χ1n) is 10.2. The molecular formula is C25H25N3O2. The molecule has 5 heteroatoms. The number of fused-ring (bicyclic) bond motifs is 1. The van der Waals surface area contributed by atoms with Crippen molar-refractivity contribution in [2.45, 2.75) is 32.4 Å². The smallest absolute Gasteiger partial charge is 0.276 e. The first kappa shape index (κ1) is 19.7. The number of carbonyl (C=O) groups excluding carboxylic acids is 2. The lowest BCUT2D eigenvalue weighted by molar-refractivity contribution is -0.125. The van der Waals surface area contributed by atoms with Crippen LogP contribution in [-0.2, 0) is 11.2 Å². The Bertz CT molecular complexity index is 1050. The normalized spacial score (nSPS) is 15.5. The van der Waals surface area contributed by atoms with Crippen LogP contribution in [0.15, 0.2) is 78.9 Å². The monoisotopic (exact) mass is 399 g/mol. The SMILES string of the molecule is CC(C)c1ccc(C2Nc3ccccc3C(=O)N2NC(=O)Cc2ccccc2)cc1. The van der Waals surface area contributed by atoms with Crippen molar-refractivity contribution in [1.29, 1.82) is 0 Å². The van der Waals surface area contributed by atoms with Gasteiger partial charge in [0.1, 0.15) is 6.17 Å². The van der Waals surface area contributed by atoms with E-state index in [2.05, 4.69) is 36.7 Å². The van der Waals surface area contributed by atoms with E-state index in [0.717, 1.165) is 16.8 Å². The summed E-state index contributed by atoms with van der Waals surface area (Å²) in [5, 5.41) is 4.80. The maximum atomic E-state index is 13.2. The van der Waals surface area contributed by atoms with Crippen LogP contribution in [0.3, 0.4) is 0 Å². The van der Waals surface area contributed by atoms with Gasteiger partial charge in [-0.3, -0.25) is 15.0 Å². The van der Waals surface area contributed by atoms with Gasteiger partial charge < -0.3 is 5.32 Å². The number of hydrazine groups is 1. The fraction of sp³-hybridized carbons (Fsp3) is 0.200. The minimum absolute atomic E-state index is 0.200. The summed E-state index contributed by atoms with van der Waals surface area (Å²) in [5.74, 6) is -0.0503. The molecule has 0 spiro atoms. The Morgan fingerprint density at radius 3 is 2.33 bits per heavy atom. The summed E-state index contributed by atoms with van der Waals surface area (Å²) in [7, 11) is 0. The molecule has 3 aromatic carbocycles. The summed E-state index contributed by atoms with van der Waals surface area (Å²) >= 11 is 0. The predicted molar refractivity (Wildman–Crippen MR) is 118 cm³/mol. The summed E-state index contributed by atoms with van der Waals surface area (Å²) in [6.45, 7) is 4.29. The molecule has 0 fully saturated rings. The van der Waals surface area contributed by atoms with Crippen molar-refractivity contribution in [3.8, 4) is 0 Å². The second-order valence-corrected chi connectivity index (χ2v) is 7.79. The minimum Gasteiger partial charge on any atom is -0.359 e. The van der Waals surface area contributed by atoms with Crippen molar-refractivity contribution >= 4 is 17.5 Å². The lowest BCUT2D eigenvalue weighted by atomic mass is 9.99. The Hall–Kier alpha value is -3.60. The number of nitrogens with zero attached hydrogens (tertiary/aromatic N) is 1. The summed E-state index contributed by atoms with van der Waals surface area (Å²) < 4.78 is 0. The highest BCUT2D eigenvalue weighted by Gasteiger charge is 2.34. The quantitative estimate of drug-likeness (QED) is 0.656. The summed E-state index contributed by atoms with van der Waals surface area (Å²) in [6.07, 6.45) is -0.293. The Balaban J connectivity index is 1.63. The van der Waals surface area contributed by atoms with Gasteiger partial charge in [0.2, 0.25) is 5.91 Å². The highest BCUT2D eigenvalue weighted by Crippen LogP contribution is 2.32. The van der Waals surface area contributed by atoms with Crippen molar-refractivity contribution in [2.75, 3.05) is 5.32 Å². The van der Waals surface area contributed by atoms with E-state index in [1.807, 2.05) is 60.7 Å². The van der Waals surface area contributed by atoms with E-state index >= 15 is 0 Å². The average molecular weight is 399 g/mol. The molecule has 5 nitrogen and oxygen atoms in total. The topological polar surface area (TPSA) is 61.4 Å². The number of rotatable bonds is 5. The van der Waals surface area contributed by atoms with Crippen molar-refractivity contribution in [3.63, 3.8) is 0 Å². The third-order valence-corrected chi connectivity index (χ3v) is 5.30. The van der Waals surface area contributed by atoms with Crippen LogP contribution >= 0.6 is 0 Å². The number of hydrogen-bond donors (Lipinski definition) is 2. The zero-order valence-corrected chi connectivity index (χ0v) is 17.1. The van der Waals surface area contributed by atoms with E-state index in [9.17, 15) is 9.59 Å². The molecule has 4 rings (SSSR count). The van der Waals surface area contributed by atoms with Gasteiger partial charge in [0.05, 0.1) is 12.0 Å². The van der Waals surface area contributed by atoms with Gasteiger partial charge in [0.25, 0.3) is 5.91 Å². The molecule has 0 saturated carbocycles. The number of para-hydroxylation sites is 1. The van der Waals surface area contributed by atoms with Gasteiger partial charge >= 0.3 is 0 Å². The standard InChI is InChI=1S/C25H25N3O2/c1-17(2)19-12-14-20(15-13-19)24-26-22-11-7-6-10-21(22)25(30)28(24)27-23(29)16-18-8-4-3-5-9-18/h3-15,17,24,26H,16H2,1-2H3,(H,27,29). The summed E-state index contributed by atoms with van der Waals surface area (Å²) in [6, 6.07) is 25.0. The first-order chi connectivity index (χ1) is 14.5. The van der Waals surface area contributed by atoms with E-state index < -0.39 is 6.17 Å². The van der Waals surface area contributed by atoms with Crippen molar-refractivity contribution in [3.05, 3.63) is 101 Å². The largest absolute Gasteiger partial charge is 0.359 e. The maximum Gasteiger partial charge on any atom is 0.276 e. The van der Waals surface area contributed by atoms with Crippen LogP contribution in [0.25, 0.3) is 0 Å². The molecule has 1 aliphatic rings. The van der Waals surface area contributed by atoms with Crippen molar-refractivity contribution < 1.29 is 9.59 Å². The van der Waals surface area contributed by atoms with Gasteiger partial charge in [-0.05, 0) is 34.7 Å². The molecule has 2 N–H and O–H groups in total. The molecule has 3 aromatic rings. The molecule has 0 aromatic heterocycles. The molecular weight excluding hydrogens is 374 g/mol. The molecule has 0 saturated heterocycles. The molecule has 1 aliphatic heterocycles. The van der Waals surface area contributed by atoms with Gasteiger partial charge in [0.15, 0.2) is 0 Å². The molecule has 1 heterocycles. The number of nitrogens with one attached hydrogen (secondary N) is 2. The third kappa shape index (κ3) is 4.06. The Morgan fingerprint density at radius 2 is 1.63 bits per heavy atom. The van der Waals surface area contributed by atoms with Crippen LogP contribution in [0.1, 0.15) is 53.0 Å². The van der Waals surface area contributed by atoms with Crippen LogP contribution in [0.5, 0.6) is 0 Å². The zero-order chi connectivity index (χ0) is 21.1. The average Bonchev–Trinajstić information content (AvgIpc) is 2.76. The molecule has 1 atom stereocenters. The van der Waals surface area contributed by atoms with Crippen molar-refractivity contribution in [1.82, 2.24) is 10.4 Å². The molecule has 2 amide bonds. The van der Waals surface area contributed by atoms with E-state index in [1.165, 1.54) is 10.6 Å². The van der Waals surface area contributed by atoms with E-state index in [4.69, 9.17) is 0 Å². The molecule has 1 unspecified atom stereocenters. The Labute approximate surface area is 176 Å². The lowest BCUT2D eigenvalue weighted by Crippen LogP contribution is -2.53. The highest BCUT2D eigenvalue weighted by molar-refractivity contribution is 6.02. The van der Waals surface area contributed by atoms with Crippen LogP contribution in [-0.4, -0.2) is 16.8 Å². The number of amides is 2. The van der Waals surface area contributed by atoms with Gasteiger partial charge in [-0.2, -0.15) is 0 Å². The third-order valence-electron chi connectivity index (χ3n) is 5.30. The van der Waals surface area contributed by atoms with Gasteiger partial charge in [0, 0.05) is 5.69 Å². The second-order valence-electron chi connectivity index (χ2n) is 7.79. The maximum absolute atomic E-state index is 13.2. The zero-order valence-electron chi connectivity index (χ0n) is 17.1. The Kier molecular flexibility index (Phi) is 5.53. The molecule has 0 aliphatic carbocycles. The van der Waals surface area contributed by atoms with E-state index in [-0.39, 0.29) is 18.2 Å². The van der Waals surface area contributed by atoms with Crippen LogP contribution in [0.2, 0.25) is 0 Å². The molecule has 30 heavy (non-hydrogen) atoms. The van der Waals surface area contributed by atoms with Crippen LogP contribution in [0.4, 0.5) is 5.69 Å². The highest BCUT2D eigenvalue weighted by atomic mass is 16.2. The van der Waals surface area contributed by atoms with Crippen molar-refractivity contribution in [2.24, 2.45) is 0 Å². The van der Waals surface area contributed by atoms with Gasteiger partial charge in [-0.1, -0.05) is 80.6 Å². The molecule has 0 bridgehead atoms. The van der Waals surface area contributed by atoms with Gasteiger partial charge in [-0.15, -0.1) is 0 Å². The first-order valence-corrected chi connectivity index (χ1v) is 10.2. The molecule has 0 radical (unpaired) electrons. The Morgan fingerprint density at radius 1 is 0.967 bits per heavy atom. The summed E-state index contributed by atoms with van der Waals surface area (Å²) in [5.41, 5.74) is 7.14. The number of benzene rings is 3. The number of anilines is 1. The second kappa shape index (κ2) is 8.41. The molecule has 152 valence electrons. The lowest BCUT2D eigenvalue weighted by Gasteiger charge is -2.37. The fourth-order valence-corrected chi connectivity index (χ4v) is 3.62. The van der Waals surface area contributed by atoms with Gasteiger partial charge in [-0.25, -0.2) is 5.01 Å². The minimum atomic E-state index is -0.492. The summed E-state index contributed by atoms with van der Waals surface area (Å²) in [4.78, 5) is 26.0. The fourth-order valence-electron chi connectivity index (χ4n) is 3.62. The van der Waals surface area contributed by atoms with Crippen LogP contribution in [0, 0.1) is 0 Å². The van der Waals surface area contributed by atoms with E-state index in [0.29, 0.717) is 11.5 Å². The predicted octanol–water partition coefficient (Wildman–Crippen LogP) is 4.65. The van der Waals surface area contributed by atoms with Crippen LogP contribution < -0.4 is 10.7 Å². The number of hydrogen-bond acceptors (Lipinski definition) is 3. The number of carbonyl (C=O) groups is 2.